The van der Waals surface area contributed by atoms with Gasteiger partial charge in [0.05, 0.1) is 18.8 Å². The highest BCUT2D eigenvalue weighted by Gasteiger charge is 2.28. The quantitative estimate of drug-likeness (QED) is 0.777. The topological polar surface area (TPSA) is 92.3 Å². The van der Waals surface area contributed by atoms with E-state index >= 15 is 0 Å². The van der Waals surface area contributed by atoms with Gasteiger partial charge in [0.25, 0.3) is 0 Å². The zero-order valence-electron chi connectivity index (χ0n) is 13.3. The number of aliphatic hydroxyl groups is 1. The third-order valence-corrected chi connectivity index (χ3v) is 3.57. The molecule has 1 unspecified atom stereocenters. The van der Waals surface area contributed by atoms with Crippen LogP contribution in [-0.4, -0.2) is 27.5 Å². The van der Waals surface area contributed by atoms with Crippen LogP contribution in [-0.2, 0) is 19.2 Å². The SMILES string of the molecule is Cc1cc(C(C)(O)CNC(=O)NCc2ccnn2C)c(C)o1. The summed E-state index contributed by atoms with van der Waals surface area (Å²) >= 11 is 0. The molecule has 22 heavy (non-hydrogen) atoms. The van der Waals surface area contributed by atoms with Crippen molar-refractivity contribution < 1.29 is 14.3 Å². The maximum atomic E-state index is 11.8. The average molecular weight is 306 g/mol. The molecule has 0 aliphatic rings. The van der Waals surface area contributed by atoms with Gasteiger partial charge < -0.3 is 20.2 Å². The monoisotopic (exact) mass is 306 g/mol. The highest BCUT2D eigenvalue weighted by molar-refractivity contribution is 5.73. The van der Waals surface area contributed by atoms with Crippen LogP contribution in [0.1, 0.15) is 29.7 Å². The molecule has 1 atom stereocenters. The summed E-state index contributed by atoms with van der Waals surface area (Å²) in [5.41, 5.74) is 0.381. The maximum absolute atomic E-state index is 11.8. The van der Waals surface area contributed by atoms with Crippen molar-refractivity contribution in [2.45, 2.75) is 32.9 Å². The summed E-state index contributed by atoms with van der Waals surface area (Å²) in [5.74, 6) is 1.38. The van der Waals surface area contributed by atoms with E-state index in [0.29, 0.717) is 17.9 Å². The Kier molecular flexibility index (Phi) is 4.56. The normalized spacial score (nSPS) is 13.7. The Hall–Kier alpha value is -2.28. The molecule has 0 aromatic carbocycles. The summed E-state index contributed by atoms with van der Waals surface area (Å²) in [7, 11) is 1.81. The zero-order valence-corrected chi connectivity index (χ0v) is 13.3. The Bertz CT molecular complexity index is 658. The van der Waals surface area contributed by atoms with E-state index in [9.17, 15) is 9.90 Å². The predicted molar refractivity (Wildman–Crippen MR) is 81.2 cm³/mol. The van der Waals surface area contributed by atoms with Crippen molar-refractivity contribution in [2.24, 2.45) is 7.05 Å². The van der Waals surface area contributed by atoms with E-state index in [-0.39, 0.29) is 12.6 Å². The molecule has 0 aliphatic carbocycles. The van der Waals surface area contributed by atoms with Crippen molar-refractivity contribution in [3.05, 3.63) is 41.1 Å². The van der Waals surface area contributed by atoms with Crippen molar-refractivity contribution in [1.29, 1.82) is 0 Å². The largest absolute Gasteiger partial charge is 0.466 e. The van der Waals surface area contributed by atoms with Crippen LogP contribution in [0.15, 0.2) is 22.7 Å². The van der Waals surface area contributed by atoms with E-state index in [2.05, 4.69) is 15.7 Å². The van der Waals surface area contributed by atoms with Gasteiger partial charge >= 0.3 is 6.03 Å². The van der Waals surface area contributed by atoms with Crippen LogP contribution in [0.2, 0.25) is 0 Å². The minimum atomic E-state index is -1.19. The molecule has 3 N–H and O–H groups in total. The second-order valence-corrected chi connectivity index (χ2v) is 5.58. The Balaban J connectivity index is 1.87. The second-order valence-electron chi connectivity index (χ2n) is 5.58. The van der Waals surface area contributed by atoms with Crippen molar-refractivity contribution in [3.8, 4) is 0 Å². The van der Waals surface area contributed by atoms with Gasteiger partial charge in [-0.05, 0) is 32.9 Å². The first-order valence-corrected chi connectivity index (χ1v) is 7.08. The lowest BCUT2D eigenvalue weighted by Crippen LogP contribution is -2.43. The van der Waals surface area contributed by atoms with Crippen LogP contribution < -0.4 is 10.6 Å². The zero-order chi connectivity index (χ0) is 16.3. The van der Waals surface area contributed by atoms with E-state index in [4.69, 9.17) is 4.42 Å². The van der Waals surface area contributed by atoms with Crippen molar-refractivity contribution in [3.63, 3.8) is 0 Å². The molecule has 0 saturated heterocycles. The smallest absolute Gasteiger partial charge is 0.315 e. The summed E-state index contributed by atoms with van der Waals surface area (Å²) in [6.45, 7) is 5.71. The molecule has 2 aromatic heterocycles. The summed E-state index contributed by atoms with van der Waals surface area (Å²) in [6.07, 6.45) is 1.67. The highest BCUT2D eigenvalue weighted by Crippen LogP contribution is 2.26. The molecular formula is C15H22N4O3. The molecule has 0 aliphatic heterocycles. The summed E-state index contributed by atoms with van der Waals surface area (Å²) in [5, 5.41) is 19.9. The van der Waals surface area contributed by atoms with Crippen LogP contribution in [0, 0.1) is 13.8 Å². The average Bonchev–Trinajstić information content (AvgIpc) is 3.00. The van der Waals surface area contributed by atoms with Crippen LogP contribution >= 0.6 is 0 Å². The molecule has 2 aromatic rings. The first-order chi connectivity index (χ1) is 10.3. The number of rotatable bonds is 5. The molecular weight excluding hydrogens is 284 g/mol. The minimum absolute atomic E-state index is 0.0873. The Morgan fingerprint density at radius 3 is 2.73 bits per heavy atom. The number of carbonyl (C=O) groups excluding carboxylic acids is 1. The predicted octanol–water partition coefficient (Wildman–Crippen LogP) is 1.34. The van der Waals surface area contributed by atoms with Crippen LogP contribution in [0.4, 0.5) is 4.79 Å². The van der Waals surface area contributed by atoms with E-state index in [1.54, 1.807) is 30.8 Å². The lowest BCUT2D eigenvalue weighted by molar-refractivity contribution is 0.0579. The van der Waals surface area contributed by atoms with Crippen molar-refractivity contribution in [2.75, 3.05) is 6.54 Å². The molecule has 0 radical (unpaired) electrons. The van der Waals surface area contributed by atoms with Gasteiger partial charge in [0.1, 0.15) is 17.1 Å². The highest BCUT2D eigenvalue weighted by atomic mass is 16.3. The molecule has 7 heteroatoms. The lowest BCUT2D eigenvalue weighted by atomic mass is 9.96. The van der Waals surface area contributed by atoms with Gasteiger partial charge in [-0.15, -0.1) is 0 Å². The van der Waals surface area contributed by atoms with Gasteiger partial charge in [0.2, 0.25) is 0 Å². The van der Waals surface area contributed by atoms with Crippen LogP contribution in [0.5, 0.6) is 0 Å². The number of urea groups is 1. The molecule has 2 heterocycles. The fourth-order valence-electron chi connectivity index (χ4n) is 2.32. The summed E-state index contributed by atoms with van der Waals surface area (Å²) in [4.78, 5) is 11.8. The molecule has 0 saturated carbocycles. The third-order valence-electron chi connectivity index (χ3n) is 3.57. The van der Waals surface area contributed by atoms with Crippen LogP contribution in [0.25, 0.3) is 0 Å². The number of hydrogen-bond donors (Lipinski definition) is 3. The number of furan rings is 1. The van der Waals surface area contributed by atoms with Crippen molar-refractivity contribution in [1.82, 2.24) is 20.4 Å². The molecule has 120 valence electrons. The fraction of sp³-hybridized carbons (Fsp3) is 0.467. The molecule has 0 fully saturated rings. The standard InChI is InChI=1S/C15H22N4O3/c1-10-7-13(11(2)22-10)15(3,21)9-17-14(20)16-8-12-5-6-18-19(12)4/h5-7,21H,8-9H2,1-4H3,(H2,16,17,20). The number of carbonyl (C=O) groups is 1. The van der Waals surface area contributed by atoms with Gasteiger partial charge in [-0.1, -0.05) is 0 Å². The molecule has 0 spiro atoms. The number of aryl methyl sites for hydroxylation is 3. The van der Waals surface area contributed by atoms with Gasteiger partial charge in [-0.2, -0.15) is 5.10 Å². The number of nitrogens with zero attached hydrogens (tertiary/aromatic N) is 2. The Morgan fingerprint density at radius 2 is 2.18 bits per heavy atom. The van der Waals surface area contributed by atoms with Crippen molar-refractivity contribution >= 4 is 6.03 Å². The van der Waals surface area contributed by atoms with Crippen LogP contribution in [0.3, 0.4) is 0 Å². The van der Waals surface area contributed by atoms with E-state index in [0.717, 1.165) is 11.5 Å². The number of nitrogens with one attached hydrogen (secondary N) is 2. The first-order valence-electron chi connectivity index (χ1n) is 7.08. The molecule has 2 rings (SSSR count). The number of aromatic nitrogens is 2. The number of hydrogen-bond acceptors (Lipinski definition) is 4. The van der Waals surface area contributed by atoms with Gasteiger partial charge in [0, 0.05) is 18.8 Å². The molecule has 0 bridgehead atoms. The molecule has 7 nitrogen and oxygen atoms in total. The summed E-state index contributed by atoms with van der Waals surface area (Å²) in [6, 6.07) is 3.26. The minimum Gasteiger partial charge on any atom is -0.466 e. The summed E-state index contributed by atoms with van der Waals surface area (Å²) < 4.78 is 7.11. The maximum Gasteiger partial charge on any atom is 0.315 e. The van der Waals surface area contributed by atoms with E-state index in [1.807, 2.05) is 20.0 Å². The van der Waals surface area contributed by atoms with Gasteiger partial charge in [0.15, 0.2) is 0 Å². The first kappa shape index (κ1) is 16.1. The number of amides is 2. The van der Waals surface area contributed by atoms with E-state index in [1.165, 1.54) is 0 Å². The second kappa shape index (κ2) is 6.23. The lowest BCUT2D eigenvalue weighted by Gasteiger charge is -2.23. The molecule has 2 amide bonds. The van der Waals surface area contributed by atoms with Gasteiger partial charge in [-0.3, -0.25) is 4.68 Å². The Labute approximate surface area is 129 Å². The van der Waals surface area contributed by atoms with Gasteiger partial charge in [-0.25, -0.2) is 4.79 Å². The third kappa shape index (κ3) is 3.67. The fourth-order valence-corrected chi connectivity index (χ4v) is 2.32. The van der Waals surface area contributed by atoms with E-state index < -0.39 is 5.60 Å². The Morgan fingerprint density at radius 1 is 1.45 bits per heavy atom.